The number of amides is 2. The molecule has 0 aliphatic heterocycles. The number of fused-ring (bicyclic) bond motifs is 1. The fourth-order valence-electron chi connectivity index (χ4n) is 5.57. The number of aromatic amines is 1. The Morgan fingerprint density at radius 2 is 1.53 bits per heavy atom. The Labute approximate surface area is 287 Å². The van der Waals surface area contributed by atoms with Crippen LogP contribution in [-0.2, 0) is 27.7 Å². The predicted octanol–water partition coefficient (Wildman–Crippen LogP) is 4.73. The van der Waals surface area contributed by atoms with Crippen molar-refractivity contribution in [2.75, 3.05) is 13.1 Å². The van der Waals surface area contributed by atoms with Gasteiger partial charge in [-0.15, -0.1) is 0 Å². The highest BCUT2D eigenvalue weighted by atomic mass is 32.2. The van der Waals surface area contributed by atoms with Crippen LogP contribution < -0.4 is 10.6 Å². The minimum absolute atomic E-state index is 0.130. The Kier molecular flexibility index (Phi) is 12.0. The number of aliphatic hydroxyl groups excluding tert-OH is 1. The zero-order valence-corrected chi connectivity index (χ0v) is 28.5. The Balaban J connectivity index is 1.41. The highest BCUT2D eigenvalue weighted by Crippen LogP contribution is 2.19. The number of nitrogens with zero attached hydrogens (tertiary/aromatic N) is 2. The number of aliphatic hydroxyl groups is 1. The van der Waals surface area contributed by atoms with E-state index in [0.717, 1.165) is 16.6 Å². The fourth-order valence-corrected chi connectivity index (χ4v) is 7.07. The fraction of sp³-hybridized carbons (Fsp3) is 0.289. The first-order valence-electron chi connectivity index (χ1n) is 16.5. The van der Waals surface area contributed by atoms with Crippen LogP contribution >= 0.6 is 0 Å². The van der Waals surface area contributed by atoms with E-state index in [4.69, 9.17) is 0 Å². The first kappa shape index (κ1) is 35.5. The molecule has 2 aromatic heterocycles. The number of carbonyl (C=O) groups is 2. The lowest BCUT2D eigenvalue weighted by Gasteiger charge is -2.31. The first-order chi connectivity index (χ1) is 23.6. The number of hydrogen-bond acceptors (Lipinski definition) is 6. The van der Waals surface area contributed by atoms with E-state index in [0.29, 0.717) is 11.9 Å². The number of pyridine rings is 1. The summed E-state index contributed by atoms with van der Waals surface area (Å²) >= 11 is 0. The molecule has 3 atom stereocenters. The molecule has 2 heterocycles. The summed E-state index contributed by atoms with van der Waals surface area (Å²) in [4.78, 5) is 35.2. The van der Waals surface area contributed by atoms with Gasteiger partial charge in [-0.25, -0.2) is 13.4 Å². The van der Waals surface area contributed by atoms with Crippen LogP contribution in [0.25, 0.3) is 10.9 Å². The third kappa shape index (κ3) is 9.62. The number of aromatic nitrogens is 2. The van der Waals surface area contributed by atoms with Crippen LogP contribution in [0.1, 0.15) is 42.0 Å². The molecule has 4 N–H and O–H groups in total. The van der Waals surface area contributed by atoms with Gasteiger partial charge in [0.05, 0.1) is 22.6 Å². The van der Waals surface area contributed by atoms with E-state index in [9.17, 15) is 23.1 Å². The molecule has 0 aliphatic carbocycles. The summed E-state index contributed by atoms with van der Waals surface area (Å²) in [7, 11) is -3.95. The molecule has 5 rings (SSSR count). The molecule has 10 nitrogen and oxygen atoms in total. The van der Waals surface area contributed by atoms with Gasteiger partial charge < -0.3 is 20.7 Å². The van der Waals surface area contributed by atoms with Crippen molar-refractivity contribution in [3.8, 4) is 0 Å². The summed E-state index contributed by atoms with van der Waals surface area (Å²) in [6.07, 6.45) is 1.42. The van der Waals surface area contributed by atoms with Gasteiger partial charge >= 0.3 is 0 Å². The molecule has 0 radical (unpaired) electrons. The van der Waals surface area contributed by atoms with Crippen LogP contribution in [0.2, 0.25) is 0 Å². The summed E-state index contributed by atoms with van der Waals surface area (Å²) in [6.45, 7) is 3.97. The average Bonchev–Trinajstić information content (AvgIpc) is 3.63. The average molecular weight is 682 g/mol. The van der Waals surface area contributed by atoms with Gasteiger partial charge in [0.2, 0.25) is 15.9 Å². The van der Waals surface area contributed by atoms with E-state index in [1.165, 1.54) is 16.4 Å². The molecular weight excluding hydrogens is 639 g/mol. The van der Waals surface area contributed by atoms with E-state index in [-0.39, 0.29) is 42.4 Å². The normalized spacial score (nSPS) is 13.7. The first-order valence-corrected chi connectivity index (χ1v) is 17.9. The van der Waals surface area contributed by atoms with E-state index >= 15 is 0 Å². The zero-order chi connectivity index (χ0) is 34.8. The third-order valence-electron chi connectivity index (χ3n) is 8.36. The summed E-state index contributed by atoms with van der Waals surface area (Å²) in [6, 6.07) is 30.1. The van der Waals surface area contributed by atoms with E-state index < -0.39 is 40.0 Å². The highest BCUT2D eigenvalue weighted by Gasteiger charge is 2.33. The number of benzene rings is 3. The Morgan fingerprint density at radius 1 is 0.837 bits per heavy atom. The molecule has 0 bridgehead atoms. The molecule has 0 aliphatic rings. The van der Waals surface area contributed by atoms with Crippen molar-refractivity contribution < 1.29 is 23.1 Å². The minimum atomic E-state index is -3.95. The number of carbonyl (C=O) groups excluding carboxylic acids is 2. The number of rotatable bonds is 16. The molecule has 11 heteroatoms. The number of para-hydroxylation sites is 1. The molecule has 256 valence electrons. The van der Waals surface area contributed by atoms with Crippen LogP contribution in [-0.4, -0.2) is 70.9 Å². The second-order valence-corrected chi connectivity index (χ2v) is 14.5. The molecule has 0 saturated heterocycles. The smallest absolute Gasteiger partial charge is 0.270 e. The quantitative estimate of drug-likeness (QED) is 0.119. The summed E-state index contributed by atoms with van der Waals surface area (Å²) in [5, 5.41) is 18.4. The van der Waals surface area contributed by atoms with Gasteiger partial charge in [0.25, 0.3) is 5.91 Å². The number of nitrogens with one attached hydrogen (secondary N) is 3. The number of sulfonamides is 1. The largest absolute Gasteiger partial charge is 0.390 e. The third-order valence-corrected chi connectivity index (χ3v) is 10.2. The second-order valence-electron chi connectivity index (χ2n) is 12.5. The SMILES string of the molecule is CC(C)CCN(CC(O)C(Cc1ccccc1)NC(=O)C(Cc1ccc[nH]1)NC(=O)c1ccc2ccccc2n1)S(=O)(=O)c1ccccc1. The van der Waals surface area contributed by atoms with E-state index in [1.54, 1.807) is 42.6 Å². The molecule has 2 amide bonds. The maximum absolute atomic E-state index is 14.1. The molecular formula is C38H43N5O5S. The van der Waals surface area contributed by atoms with Crippen molar-refractivity contribution in [3.05, 3.63) is 132 Å². The summed E-state index contributed by atoms with van der Waals surface area (Å²) in [5.41, 5.74) is 2.38. The van der Waals surface area contributed by atoms with E-state index in [2.05, 4.69) is 20.6 Å². The zero-order valence-electron chi connectivity index (χ0n) is 27.7. The van der Waals surface area contributed by atoms with E-state index in [1.807, 2.05) is 74.5 Å². The Bertz CT molecular complexity index is 1920. The highest BCUT2D eigenvalue weighted by molar-refractivity contribution is 7.89. The topological polar surface area (TPSA) is 144 Å². The number of H-pyrrole nitrogens is 1. The maximum Gasteiger partial charge on any atom is 0.270 e. The molecule has 0 saturated carbocycles. The van der Waals surface area contributed by atoms with Gasteiger partial charge in [-0.3, -0.25) is 9.59 Å². The van der Waals surface area contributed by atoms with Gasteiger partial charge in [0.15, 0.2) is 0 Å². The Hall–Kier alpha value is -4.84. The number of hydrogen-bond donors (Lipinski definition) is 4. The van der Waals surface area contributed by atoms with Crippen LogP contribution in [0, 0.1) is 5.92 Å². The summed E-state index contributed by atoms with van der Waals surface area (Å²) < 4.78 is 28.8. The van der Waals surface area contributed by atoms with Crippen LogP contribution in [0.4, 0.5) is 0 Å². The van der Waals surface area contributed by atoms with Gasteiger partial charge in [-0.05, 0) is 60.7 Å². The van der Waals surface area contributed by atoms with Crippen molar-refractivity contribution in [2.24, 2.45) is 5.92 Å². The summed E-state index contributed by atoms with van der Waals surface area (Å²) in [5.74, 6) is -0.824. The van der Waals surface area contributed by atoms with Gasteiger partial charge in [-0.1, -0.05) is 86.6 Å². The molecule has 49 heavy (non-hydrogen) atoms. The van der Waals surface area contributed by atoms with Crippen molar-refractivity contribution in [3.63, 3.8) is 0 Å². The van der Waals surface area contributed by atoms with Crippen LogP contribution in [0.15, 0.2) is 120 Å². The molecule has 3 unspecified atom stereocenters. The monoisotopic (exact) mass is 681 g/mol. The molecule has 5 aromatic rings. The van der Waals surface area contributed by atoms with Gasteiger partial charge in [-0.2, -0.15) is 4.31 Å². The molecule has 0 spiro atoms. The predicted molar refractivity (Wildman–Crippen MR) is 190 cm³/mol. The van der Waals surface area contributed by atoms with Crippen LogP contribution in [0.5, 0.6) is 0 Å². The van der Waals surface area contributed by atoms with Crippen molar-refractivity contribution in [1.82, 2.24) is 24.9 Å². The van der Waals surface area contributed by atoms with Gasteiger partial charge in [0, 0.05) is 36.8 Å². The Morgan fingerprint density at radius 3 is 2.22 bits per heavy atom. The second kappa shape index (κ2) is 16.5. The van der Waals surface area contributed by atoms with Crippen molar-refractivity contribution in [2.45, 2.75) is 56.2 Å². The van der Waals surface area contributed by atoms with Gasteiger partial charge in [0.1, 0.15) is 11.7 Å². The molecule has 3 aromatic carbocycles. The lowest BCUT2D eigenvalue weighted by atomic mass is 9.99. The lowest BCUT2D eigenvalue weighted by molar-refractivity contribution is -0.124. The standard InChI is InChI=1S/C38H43N5O5S/c1-27(2)21-23-43(49(47,48)31-16-7-4-8-17-31)26-36(44)34(24-28-12-5-3-6-13-28)41-38(46)35(25-30-15-11-22-39-30)42-37(45)33-20-19-29-14-9-10-18-32(29)40-33/h3-20,22,27,34-36,39,44H,21,23-26H2,1-2H3,(H,41,46)(H,42,45). The minimum Gasteiger partial charge on any atom is -0.390 e. The van der Waals surface area contributed by atoms with Crippen LogP contribution in [0.3, 0.4) is 0 Å². The molecule has 0 fully saturated rings. The lowest BCUT2D eigenvalue weighted by Crippen LogP contribution is -2.56. The van der Waals surface area contributed by atoms with Crippen molar-refractivity contribution in [1.29, 1.82) is 0 Å². The van der Waals surface area contributed by atoms with Crippen molar-refractivity contribution >= 4 is 32.7 Å². The maximum atomic E-state index is 14.1.